The number of hydrogen-bond donors (Lipinski definition) is 1. The van der Waals surface area contributed by atoms with E-state index in [1.165, 1.54) is 0 Å². The minimum atomic E-state index is -4.03. The summed E-state index contributed by atoms with van der Waals surface area (Å²) in [6.45, 7) is 1.87. The number of hydrogen-bond acceptors (Lipinski definition) is 2. The van der Waals surface area contributed by atoms with Crippen LogP contribution in [0, 0.1) is 0 Å². The molecule has 1 N–H and O–H groups in total. The maximum atomic E-state index is 12.1. The van der Waals surface area contributed by atoms with Gasteiger partial charge in [0.25, 0.3) is 0 Å². The third-order valence-corrected chi connectivity index (χ3v) is 12.4. The molecular weight excluding hydrogens is 328 g/mol. The molecule has 0 heterocycles. The van der Waals surface area contributed by atoms with Gasteiger partial charge in [-0.25, -0.2) is 0 Å². The van der Waals surface area contributed by atoms with Crippen molar-refractivity contribution in [3.05, 3.63) is 71.8 Å². The molecule has 5 heteroatoms. The van der Waals surface area contributed by atoms with Crippen LogP contribution in [0.5, 0.6) is 0 Å². The van der Waals surface area contributed by atoms with Gasteiger partial charge in [-0.15, -0.1) is 9.06 Å². The lowest BCUT2D eigenvalue weighted by Crippen LogP contribution is -2.23. The molecule has 0 atom stereocenters. The van der Waals surface area contributed by atoms with Crippen LogP contribution in [0.1, 0.15) is 18.1 Å². The summed E-state index contributed by atoms with van der Waals surface area (Å²) < 4.78 is 34.1. The molecule has 0 saturated heterocycles. The van der Waals surface area contributed by atoms with Crippen molar-refractivity contribution in [1.82, 2.24) is 0 Å². The van der Waals surface area contributed by atoms with E-state index in [1.807, 2.05) is 67.6 Å². The maximum absolute atomic E-state index is 12.1. The highest BCUT2D eigenvalue weighted by Gasteiger charge is 2.34. The minimum Gasteiger partial charge on any atom is -0.278 e. The van der Waals surface area contributed by atoms with Crippen molar-refractivity contribution >= 4 is 18.2 Å². The van der Waals surface area contributed by atoms with E-state index < -0.39 is 18.2 Å². The molecule has 0 radical (unpaired) electrons. The summed E-state index contributed by atoms with van der Waals surface area (Å²) in [6, 6.07) is 19.7. The summed E-state index contributed by atoms with van der Waals surface area (Å²) in [7, 11) is -6.15. The number of rotatable bonds is 8. The van der Waals surface area contributed by atoms with Crippen LogP contribution in [0.2, 0.25) is 0 Å². The molecule has 0 bridgehead atoms. The highest BCUT2D eigenvalue weighted by atomic mass is 33.2. The van der Waals surface area contributed by atoms with Gasteiger partial charge in [0.05, 0.1) is 0 Å². The van der Waals surface area contributed by atoms with Gasteiger partial charge in [0.2, 0.25) is 0 Å². The van der Waals surface area contributed by atoms with E-state index in [-0.39, 0.29) is 0 Å². The highest BCUT2D eigenvalue weighted by molar-refractivity contribution is 8.88. The van der Waals surface area contributed by atoms with Crippen molar-refractivity contribution < 1.29 is 13.0 Å². The molecule has 0 aliphatic rings. The lowest BCUT2D eigenvalue weighted by molar-refractivity contribution is 0.501. The molecule has 3 nitrogen and oxygen atoms in total. The number of benzene rings is 2. The third kappa shape index (κ3) is 4.83. The zero-order chi connectivity index (χ0) is 16.8. The van der Waals surface area contributed by atoms with Crippen LogP contribution in [0.15, 0.2) is 60.7 Å². The van der Waals surface area contributed by atoms with E-state index in [2.05, 4.69) is 0 Å². The average Bonchev–Trinajstić information content (AvgIpc) is 2.56. The van der Waals surface area contributed by atoms with E-state index in [0.717, 1.165) is 11.1 Å². The monoisotopic (exact) mass is 352 g/mol. The van der Waals surface area contributed by atoms with Crippen LogP contribution in [0.3, 0.4) is 0 Å². The lowest BCUT2D eigenvalue weighted by Gasteiger charge is -2.35. The molecule has 0 aliphatic heterocycles. The Balaban J connectivity index is 2.15. The topological polar surface area (TPSA) is 54.4 Å². The zero-order valence-corrected chi connectivity index (χ0v) is 15.0. The summed E-state index contributed by atoms with van der Waals surface area (Å²) in [5.74, 6) is 1.52. The first-order valence-electron chi connectivity index (χ1n) is 7.78. The Morgan fingerprint density at radius 1 is 0.783 bits per heavy atom. The van der Waals surface area contributed by atoms with Crippen LogP contribution in [0.25, 0.3) is 0 Å². The summed E-state index contributed by atoms with van der Waals surface area (Å²) in [5.41, 5.74) is 2.22. The second kappa shape index (κ2) is 7.99. The van der Waals surface area contributed by atoms with Gasteiger partial charge < -0.3 is 0 Å². The molecule has 0 saturated carbocycles. The minimum absolute atomic E-state index is 0.492. The smallest absolute Gasteiger partial charge is 0.278 e. The van der Waals surface area contributed by atoms with Crippen molar-refractivity contribution in [1.29, 1.82) is 0 Å². The Bertz CT molecular complexity index is 654. The molecule has 0 aliphatic carbocycles. The van der Waals surface area contributed by atoms with E-state index in [9.17, 15) is 13.0 Å². The molecule has 126 valence electrons. The van der Waals surface area contributed by atoms with Gasteiger partial charge in [0.15, 0.2) is 0 Å². The SMILES string of the molecule is CCS(CCc1ccccc1)(CCc1ccccc1)S(=O)(=O)O. The standard InChI is InChI=1S/C18H24O3S2/c1-2-22(23(19,20)21,15-13-17-9-5-3-6-10-17)16-14-18-11-7-4-8-12-18/h3-12H,2,13-16H2,1H3,(H,19,20,21). The molecule has 0 spiro atoms. The fourth-order valence-electron chi connectivity index (χ4n) is 2.65. The second-order valence-electron chi connectivity index (χ2n) is 5.56. The number of aryl methyl sites for hydroxylation is 2. The highest BCUT2D eigenvalue weighted by Crippen LogP contribution is 2.53. The maximum Gasteiger partial charge on any atom is 0.302 e. The third-order valence-electron chi connectivity index (χ3n) is 4.18. The van der Waals surface area contributed by atoms with Crippen LogP contribution in [-0.4, -0.2) is 30.2 Å². The molecular formula is C18H24O3S2. The first kappa shape index (κ1) is 18.0. The molecule has 2 aromatic rings. The zero-order valence-electron chi connectivity index (χ0n) is 13.4. The predicted octanol–water partition coefficient (Wildman–Crippen LogP) is 4.10. The molecule has 0 fully saturated rings. The first-order chi connectivity index (χ1) is 11.0. The average molecular weight is 353 g/mol. The predicted molar refractivity (Wildman–Crippen MR) is 99.7 cm³/mol. The van der Waals surface area contributed by atoms with E-state index >= 15 is 0 Å². The lowest BCUT2D eigenvalue weighted by atomic mass is 10.2. The fraction of sp³-hybridized carbons (Fsp3) is 0.333. The first-order valence-corrected chi connectivity index (χ1v) is 11.9. The van der Waals surface area contributed by atoms with E-state index in [4.69, 9.17) is 0 Å². The van der Waals surface area contributed by atoms with Gasteiger partial charge in [-0.05, 0) is 41.2 Å². The molecule has 2 aromatic carbocycles. The van der Waals surface area contributed by atoms with Crippen molar-refractivity contribution in [3.8, 4) is 0 Å². The van der Waals surface area contributed by atoms with Crippen LogP contribution in [0.4, 0.5) is 0 Å². The summed E-state index contributed by atoms with van der Waals surface area (Å²) in [6.07, 6.45) is 1.36. The van der Waals surface area contributed by atoms with E-state index in [0.29, 0.717) is 30.1 Å². The van der Waals surface area contributed by atoms with Gasteiger partial charge in [0, 0.05) is 0 Å². The molecule has 23 heavy (non-hydrogen) atoms. The van der Waals surface area contributed by atoms with Crippen molar-refractivity contribution in [2.75, 3.05) is 17.3 Å². The summed E-state index contributed by atoms with van der Waals surface area (Å²) >= 11 is 0. The quantitative estimate of drug-likeness (QED) is 0.575. The van der Waals surface area contributed by atoms with Crippen LogP contribution >= 0.6 is 9.06 Å². The molecule has 0 amide bonds. The van der Waals surface area contributed by atoms with Gasteiger partial charge in [-0.1, -0.05) is 67.6 Å². The Hall–Kier alpha value is -1.30. The van der Waals surface area contributed by atoms with Crippen molar-refractivity contribution in [2.24, 2.45) is 0 Å². The molecule has 2 rings (SSSR count). The largest absolute Gasteiger partial charge is 0.302 e. The normalized spacial score (nSPS) is 13.0. The van der Waals surface area contributed by atoms with Crippen LogP contribution in [-0.2, 0) is 22.0 Å². The van der Waals surface area contributed by atoms with Crippen molar-refractivity contribution in [3.63, 3.8) is 0 Å². The second-order valence-corrected chi connectivity index (χ2v) is 13.1. The Morgan fingerprint density at radius 3 is 1.48 bits per heavy atom. The van der Waals surface area contributed by atoms with Gasteiger partial charge >= 0.3 is 9.15 Å². The van der Waals surface area contributed by atoms with Crippen molar-refractivity contribution in [2.45, 2.75) is 19.8 Å². The molecule has 0 aromatic heterocycles. The summed E-state index contributed by atoms with van der Waals surface area (Å²) in [5, 5.41) is 0. The Kier molecular flexibility index (Phi) is 6.27. The summed E-state index contributed by atoms with van der Waals surface area (Å²) in [4.78, 5) is 0. The van der Waals surface area contributed by atoms with Gasteiger partial charge in [-0.3, -0.25) is 4.55 Å². The van der Waals surface area contributed by atoms with Crippen LogP contribution < -0.4 is 0 Å². The fourth-order valence-corrected chi connectivity index (χ4v) is 8.02. The Morgan fingerprint density at radius 2 is 1.17 bits per heavy atom. The Labute approximate surface area is 140 Å². The van der Waals surface area contributed by atoms with E-state index in [1.54, 1.807) is 0 Å². The molecule has 0 unspecified atom stereocenters. The van der Waals surface area contributed by atoms with Gasteiger partial charge in [-0.2, -0.15) is 8.42 Å². The van der Waals surface area contributed by atoms with Gasteiger partial charge in [0.1, 0.15) is 0 Å².